The summed E-state index contributed by atoms with van der Waals surface area (Å²) in [5.74, 6) is 2.22. The first-order valence-electron chi connectivity index (χ1n) is 10.4. The van der Waals surface area contributed by atoms with Crippen LogP contribution in [-0.4, -0.2) is 60.5 Å². The highest BCUT2D eigenvalue weighted by Gasteiger charge is 2.35. The van der Waals surface area contributed by atoms with Gasteiger partial charge in [0, 0.05) is 56.4 Å². The number of furan rings is 1. The molecule has 0 aliphatic carbocycles. The lowest BCUT2D eigenvalue weighted by Gasteiger charge is -2.42. The predicted octanol–water partition coefficient (Wildman–Crippen LogP) is 1.29. The molecule has 156 valence electrons. The van der Waals surface area contributed by atoms with Crippen molar-refractivity contribution in [2.75, 3.05) is 37.7 Å². The third-order valence-corrected chi connectivity index (χ3v) is 8.16. The molecule has 0 spiro atoms. The van der Waals surface area contributed by atoms with Crippen LogP contribution < -0.4 is 5.56 Å². The van der Waals surface area contributed by atoms with Crippen LogP contribution in [0.1, 0.15) is 29.4 Å². The SMILES string of the molecule is O=c1c(CN2CCS(=O)(=O)CC2)ccc2n1C[C@H]1C[C@@H]2CN(Cc2ccco2)C1. The second-order valence-corrected chi connectivity index (χ2v) is 11.0. The third kappa shape index (κ3) is 3.93. The first-order chi connectivity index (χ1) is 14.0. The summed E-state index contributed by atoms with van der Waals surface area (Å²) >= 11 is 0. The Balaban J connectivity index is 1.32. The Hall–Kier alpha value is -1.90. The lowest BCUT2D eigenvalue weighted by Crippen LogP contribution is -2.47. The van der Waals surface area contributed by atoms with Gasteiger partial charge in [0.15, 0.2) is 9.84 Å². The molecular weight excluding hydrogens is 390 g/mol. The zero-order valence-electron chi connectivity index (χ0n) is 16.5. The lowest BCUT2D eigenvalue weighted by atomic mass is 9.83. The van der Waals surface area contributed by atoms with Crippen LogP contribution in [0.5, 0.6) is 0 Å². The number of hydrogen-bond donors (Lipinski definition) is 0. The first kappa shape index (κ1) is 19.1. The standard InChI is InChI=1S/C21H27N3O4S/c25-21-17(13-22-5-8-29(26,27)9-6-22)3-4-20-18-10-16(12-24(20)21)11-23(14-18)15-19-2-1-7-28-19/h1-4,7,16,18H,5-6,8-15H2/t16-,18+/m0/s1. The largest absolute Gasteiger partial charge is 0.468 e. The molecule has 2 aromatic heterocycles. The van der Waals surface area contributed by atoms with Crippen LogP contribution >= 0.6 is 0 Å². The highest BCUT2D eigenvalue weighted by atomic mass is 32.2. The van der Waals surface area contributed by atoms with Crippen LogP contribution in [0.25, 0.3) is 0 Å². The van der Waals surface area contributed by atoms with E-state index in [-0.39, 0.29) is 17.1 Å². The van der Waals surface area contributed by atoms with E-state index in [4.69, 9.17) is 4.42 Å². The quantitative estimate of drug-likeness (QED) is 0.746. The minimum Gasteiger partial charge on any atom is -0.468 e. The Morgan fingerprint density at radius 2 is 1.83 bits per heavy atom. The van der Waals surface area contributed by atoms with Gasteiger partial charge in [-0.2, -0.15) is 0 Å². The van der Waals surface area contributed by atoms with Crippen molar-refractivity contribution in [3.8, 4) is 0 Å². The van der Waals surface area contributed by atoms with Crippen molar-refractivity contribution in [2.24, 2.45) is 5.92 Å². The van der Waals surface area contributed by atoms with Gasteiger partial charge in [-0.15, -0.1) is 0 Å². The van der Waals surface area contributed by atoms with E-state index in [0.717, 1.165) is 49.6 Å². The van der Waals surface area contributed by atoms with Gasteiger partial charge in [-0.1, -0.05) is 6.07 Å². The summed E-state index contributed by atoms with van der Waals surface area (Å²) in [7, 11) is -2.90. The van der Waals surface area contributed by atoms with Crippen molar-refractivity contribution >= 4 is 9.84 Å². The van der Waals surface area contributed by atoms with E-state index in [1.54, 1.807) is 6.26 Å². The predicted molar refractivity (Wildman–Crippen MR) is 109 cm³/mol. The molecule has 2 atom stereocenters. The van der Waals surface area contributed by atoms with Crippen molar-refractivity contribution in [1.29, 1.82) is 0 Å². The van der Waals surface area contributed by atoms with Crippen LogP contribution in [0.2, 0.25) is 0 Å². The minimum atomic E-state index is -2.90. The second kappa shape index (κ2) is 7.41. The van der Waals surface area contributed by atoms with E-state index in [0.29, 0.717) is 31.5 Å². The maximum absolute atomic E-state index is 13.2. The molecule has 29 heavy (non-hydrogen) atoms. The van der Waals surface area contributed by atoms with Crippen LogP contribution in [0.15, 0.2) is 39.7 Å². The van der Waals surface area contributed by atoms with Gasteiger partial charge in [0.25, 0.3) is 5.56 Å². The highest BCUT2D eigenvalue weighted by molar-refractivity contribution is 7.91. The van der Waals surface area contributed by atoms with E-state index in [1.807, 2.05) is 22.8 Å². The van der Waals surface area contributed by atoms with Crippen molar-refractivity contribution < 1.29 is 12.8 Å². The van der Waals surface area contributed by atoms with Gasteiger partial charge < -0.3 is 8.98 Å². The van der Waals surface area contributed by atoms with Gasteiger partial charge in [0.05, 0.1) is 24.3 Å². The molecule has 2 saturated heterocycles. The van der Waals surface area contributed by atoms with E-state index in [1.165, 1.54) is 0 Å². The molecule has 5 heterocycles. The number of hydrogen-bond acceptors (Lipinski definition) is 6. The Morgan fingerprint density at radius 1 is 1.00 bits per heavy atom. The summed E-state index contributed by atoms with van der Waals surface area (Å²) in [5.41, 5.74) is 2.02. The number of fused-ring (bicyclic) bond motifs is 4. The number of likely N-dealkylation sites (tertiary alicyclic amines) is 1. The maximum atomic E-state index is 13.2. The molecule has 2 fully saturated rings. The van der Waals surface area contributed by atoms with Crippen LogP contribution in [0, 0.1) is 5.92 Å². The highest BCUT2D eigenvalue weighted by Crippen LogP contribution is 2.35. The zero-order valence-corrected chi connectivity index (χ0v) is 17.3. The van der Waals surface area contributed by atoms with E-state index in [9.17, 15) is 13.2 Å². The van der Waals surface area contributed by atoms with E-state index in [2.05, 4.69) is 15.9 Å². The van der Waals surface area contributed by atoms with Crippen LogP contribution in [-0.2, 0) is 29.5 Å². The van der Waals surface area contributed by atoms with Crippen molar-refractivity contribution in [1.82, 2.24) is 14.4 Å². The number of piperidine rings is 1. The zero-order chi connectivity index (χ0) is 20.0. The maximum Gasteiger partial charge on any atom is 0.255 e. The third-order valence-electron chi connectivity index (χ3n) is 6.55. The number of pyridine rings is 1. The summed E-state index contributed by atoms with van der Waals surface area (Å²) in [5, 5.41) is 0. The molecule has 0 radical (unpaired) electrons. The molecule has 5 rings (SSSR count). The number of aromatic nitrogens is 1. The number of nitrogens with zero attached hydrogens (tertiary/aromatic N) is 3. The molecule has 0 aromatic carbocycles. The fourth-order valence-corrected chi connectivity index (χ4v) is 6.39. The molecule has 0 amide bonds. The molecule has 0 unspecified atom stereocenters. The van der Waals surface area contributed by atoms with Gasteiger partial charge >= 0.3 is 0 Å². The summed E-state index contributed by atoms with van der Waals surface area (Å²) < 4.78 is 30.8. The molecular formula is C21H27N3O4S. The van der Waals surface area contributed by atoms with Gasteiger partial charge in [-0.25, -0.2) is 8.42 Å². The second-order valence-electron chi connectivity index (χ2n) is 8.70. The fourth-order valence-electron chi connectivity index (χ4n) is 5.11. The van der Waals surface area contributed by atoms with Gasteiger partial charge in [-0.3, -0.25) is 14.6 Å². The normalized spacial score (nSPS) is 26.9. The molecule has 8 heteroatoms. The number of rotatable bonds is 4. The topological polar surface area (TPSA) is 75.8 Å². The molecule has 2 aromatic rings. The fraction of sp³-hybridized carbons (Fsp3) is 0.571. The summed E-state index contributed by atoms with van der Waals surface area (Å²) in [6, 6.07) is 8.02. The van der Waals surface area contributed by atoms with Crippen LogP contribution in [0.4, 0.5) is 0 Å². The summed E-state index contributed by atoms with van der Waals surface area (Å²) in [6.07, 6.45) is 2.85. The Kier molecular flexibility index (Phi) is 4.88. The summed E-state index contributed by atoms with van der Waals surface area (Å²) in [6.45, 7) is 5.07. The smallest absolute Gasteiger partial charge is 0.255 e. The van der Waals surface area contributed by atoms with Gasteiger partial charge in [0.2, 0.25) is 0 Å². The molecule has 2 bridgehead atoms. The molecule has 3 aliphatic rings. The molecule has 3 aliphatic heterocycles. The Morgan fingerprint density at radius 3 is 2.59 bits per heavy atom. The number of sulfone groups is 1. The van der Waals surface area contributed by atoms with Crippen molar-refractivity contribution in [2.45, 2.75) is 32.0 Å². The summed E-state index contributed by atoms with van der Waals surface area (Å²) in [4.78, 5) is 17.7. The average molecular weight is 418 g/mol. The lowest BCUT2D eigenvalue weighted by molar-refractivity contribution is 0.107. The Bertz CT molecular complexity index is 1030. The van der Waals surface area contributed by atoms with Crippen molar-refractivity contribution in [3.63, 3.8) is 0 Å². The monoisotopic (exact) mass is 417 g/mol. The molecule has 0 saturated carbocycles. The average Bonchev–Trinajstić information content (AvgIpc) is 3.19. The molecule has 0 N–H and O–H groups in total. The van der Waals surface area contributed by atoms with Crippen LogP contribution in [0.3, 0.4) is 0 Å². The van der Waals surface area contributed by atoms with Gasteiger partial charge in [0.1, 0.15) is 5.76 Å². The minimum absolute atomic E-state index is 0.102. The van der Waals surface area contributed by atoms with Gasteiger partial charge in [-0.05, 0) is 30.5 Å². The van der Waals surface area contributed by atoms with E-state index >= 15 is 0 Å². The van der Waals surface area contributed by atoms with Crippen molar-refractivity contribution in [3.05, 3.63) is 57.9 Å². The first-order valence-corrected chi connectivity index (χ1v) is 12.2. The Labute approximate surface area is 170 Å². The van der Waals surface area contributed by atoms with E-state index < -0.39 is 9.84 Å². The molecule has 7 nitrogen and oxygen atoms in total.